The molecule has 31 heavy (non-hydrogen) atoms. The molecule has 4 aromatic carbocycles. The van der Waals surface area contributed by atoms with Gasteiger partial charge in [0, 0.05) is 12.1 Å². The lowest BCUT2D eigenvalue weighted by atomic mass is 10.0. The zero-order chi connectivity index (χ0) is 22.5. The fourth-order valence-corrected chi connectivity index (χ4v) is 2.85. The maximum absolute atomic E-state index is 7.01. The molecule has 0 saturated heterocycles. The van der Waals surface area contributed by atoms with E-state index >= 15 is 0 Å². The Hall–Kier alpha value is -3.69. The lowest BCUT2D eigenvalue weighted by Crippen LogP contribution is -2.10. The SMILES string of the molecule is Cc1cccc(-c2cccc(CN)c2)c1.Cc1ccccc1.N=C(N)c1ccccc1. The molecule has 158 valence electrons. The van der Waals surface area contributed by atoms with Gasteiger partial charge in [-0.2, -0.15) is 0 Å². The molecule has 0 unspecified atom stereocenters. The van der Waals surface area contributed by atoms with Crippen molar-refractivity contribution in [3.8, 4) is 11.1 Å². The van der Waals surface area contributed by atoms with E-state index in [9.17, 15) is 0 Å². The van der Waals surface area contributed by atoms with Gasteiger partial charge in [-0.25, -0.2) is 0 Å². The first kappa shape index (κ1) is 23.6. The van der Waals surface area contributed by atoms with Crippen LogP contribution in [-0.2, 0) is 6.54 Å². The quantitative estimate of drug-likeness (QED) is 0.283. The van der Waals surface area contributed by atoms with E-state index < -0.39 is 0 Å². The van der Waals surface area contributed by atoms with Crippen LogP contribution in [0.15, 0.2) is 109 Å². The Labute approximate surface area is 185 Å². The standard InChI is InChI=1S/C14H15N.C7H8N2.C7H8/c1-11-4-2-6-13(8-11)14-7-3-5-12(9-14)10-15;8-7(9)6-4-2-1-3-5-6;1-7-5-3-2-4-6-7/h2-9H,10,15H2,1H3;1-5H,(H3,8,9);2-6H,1H3. The van der Waals surface area contributed by atoms with E-state index in [-0.39, 0.29) is 5.84 Å². The smallest absolute Gasteiger partial charge is 0.122 e. The molecular formula is C28H31N3. The molecule has 0 radical (unpaired) electrons. The van der Waals surface area contributed by atoms with Crippen LogP contribution >= 0.6 is 0 Å². The highest BCUT2D eigenvalue weighted by molar-refractivity contribution is 5.94. The van der Waals surface area contributed by atoms with Gasteiger partial charge in [0.15, 0.2) is 0 Å². The number of nitrogens with two attached hydrogens (primary N) is 2. The fraction of sp³-hybridized carbons (Fsp3) is 0.107. The molecule has 4 aromatic rings. The van der Waals surface area contributed by atoms with E-state index in [4.69, 9.17) is 16.9 Å². The van der Waals surface area contributed by atoms with Crippen molar-refractivity contribution >= 4 is 5.84 Å². The molecule has 0 saturated carbocycles. The Morgan fingerprint density at radius 1 is 0.645 bits per heavy atom. The van der Waals surface area contributed by atoms with Gasteiger partial charge < -0.3 is 11.5 Å². The normalized spacial score (nSPS) is 9.52. The summed E-state index contributed by atoms with van der Waals surface area (Å²) in [4.78, 5) is 0. The lowest BCUT2D eigenvalue weighted by molar-refractivity contribution is 1.07. The van der Waals surface area contributed by atoms with Crippen LogP contribution in [0, 0.1) is 19.3 Å². The van der Waals surface area contributed by atoms with Crippen LogP contribution in [0.5, 0.6) is 0 Å². The molecular weight excluding hydrogens is 378 g/mol. The van der Waals surface area contributed by atoms with Gasteiger partial charge in [0.2, 0.25) is 0 Å². The van der Waals surface area contributed by atoms with Gasteiger partial charge in [-0.1, -0.05) is 114 Å². The van der Waals surface area contributed by atoms with Gasteiger partial charge in [0.25, 0.3) is 0 Å². The molecule has 4 rings (SSSR count). The predicted molar refractivity (Wildman–Crippen MR) is 133 cm³/mol. The summed E-state index contributed by atoms with van der Waals surface area (Å²) in [5, 5.41) is 7.01. The van der Waals surface area contributed by atoms with Crippen LogP contribution in [0.2, 0.25) is 0 Å². The van der Waals surface area contributed by atoms with E-state index in [1.807, 2.05) is 48.5 Å². The molecule has 0 heterocycles. The number of aryl methyl sites for hydroxylation is 2. The topological polar surface area (TPSA) is 75.9 Å². The van der Waals surface area contributed by atoms with Gasteiger partial charge in [-0.15, -0.1) is 0 Å². The summed E-state index contributed by atoms with van der Waals surface area (Å²) in [5.41, 5.74) is 17.9. The molecule has 3 nitrogen and oxygen atoms in total. The third kappa shape index (κ3) is 8.69. The van der Waals surface area contributed by atoms with Crippen LogP contribution in [0.25, 0.3) is 11.1 Å². The molecule has 0 aliphatic rings. The lowest BCUT2D eigenvalue weighted by Gasteiger charge is -2.04. The minimum Gasteiger partial charge on any atom is -0.384 e. The number of nitrogens with one attached hydrogen (secondary N) is 1. The summed E-state index contributed by atoms with van der Waals surface area (Å²) >= 11 is 0. The first-order chi connectivity index (χ1) is 15.0. The van der Waals surface area contributed by atoms with Crippen molar-refractivity contribution in [1.29, 1.82) is 5.41 Å². The van der Waals surface area contributed by atoms with Crippen molar-refractivity contribution in [3.63, 3.8) is 0 Å². The highest BCUT2D eigenvalue weighted by Gasteiger charge is 1.98. The van der Waals surface area contributed by atoms with Crippen LogP contribution in [0.1, 0.15) is 22.3 Å². The van der Waals surface area contributed by atoms with Crippen LogP contribution in [0.3, 0.4) is 0 Å². The number of hydrogen-bond donors (Lipinski definition) is 3. The highest BCUT2D eigenvalue weighted by atomic mass is 14.7. The van der Waals surface area contributed by atoms with Gasteiger partial charge in [-0.05, 0) is 36.6 Å². The van der Waals surface area contributed by atoms with E-state index in [1.165, 1.54) is 27.8 Å². The van der Waals surface area contributed by atoms with E-state index in [2.05, 4.69) is 74.5 Å². The first-order valence-corrected chi connectivity index (χ1v) is 10.3. The van der Waals surface area contributed by atoms with Crippen molar-refractivity contribution in [2.24, 2.45) is 11.5 Å². The van der Waals surface area contributed by atoms with Crippen LogP contribution in [0.4, 0.5) is 0 Å². The number of hydrogen-bond acceptors (Lipinski definition) is 2. The first-order valence-electron chi connectivity index (χ1n) is 10.3. The van der Waals surface area contributed by atoms with Gasteiger partial charge in [0.1, 0.15) is 5.84 Å². The second-order valence-electron chi connectivity index (χ2n) is 7.21. The third-order valence-electron chi connectivity index (χ3n) is 4.54. The van der Waals surface area contributed by atoms with Crippen molar-refractivity contribution in [2.45, 2.75) is 20.4 Å². The molecule has 0 fully saturated rings. The van der Waals surface area contributed by atoms with Gasteiger partial charge in [-0.3, -0.25) is 5.41 Å². The van der Waals surface area contributed by atoms with Gasteiger partial charge in [0.05, 0.1) is 0 Å². The largest absolute Gasteiger partial charge is 0.384 e. The Morgan fingerprint density at radius 3 is 1.61 bits per heavy atom. The summed E-state index contributed by atoms with van der Waals surface area (Å²) in [6.45, 7) is 4.79. The maximum Gasteiger partial charge on any atom is 0.122 e. The molecule has 0 bridgehead atoms. The molecule has 0 amide bonds. The number of amidine groups is 1. The van der Waals surface area contributed by atoms with E-state index in [0.29, 0.717) is 6.54 Å². The van der Waals surface area contributed by atoms with Gasteiger partial charge >= 0.3 is 0 Å². The van der Waals surface area contributed by atoms with Crippen molar-refractivity contribution in [2.75, 3.05) is 0 Å². The zero-order valence-corrected chi connectivity index (χ0v) is 18.3. The number of benzene rings is 4. The molecule has 3 heteroatoms. The second kappa shape index (κ2) is 12.8. The Kier molecular flexibility index (Phi) is 9.73. The Balaban J connectivity index is 0.000000181. The summed E-state index contributed by atoms with van der Waals surface area (Å²) in [6.07, 6.45) is 0. The Bertz CT molecular complexity index is 1060. The summed E-state index contributed by atoms with van der Waals surface area (Å²) in [5.74, 6) is 0.121. The van der Waals surface area contributed by atoms with Crippen LogP contribution < -0.4 is 11.5 Å². The third-order valence-corrected chi connectivity index (χ3v) is 4.54. The minimum absolute atomic E-state index is 0.121. The molecule has 0 aliphatic heterocycles. The zero-order valence-electron chi connectivity index (χ0n) is 18.3. The molecule has 0 aliphatic carbocycles. The maximum atomic E-state index is 7.01. The number of nitrogen functional groups attached to an aromatic ring is 1. The fourth-order valence-electron chi connectivity index (χ4n) is 2.85. The van der Waals surface area contributed by atoms with Crippen molar-refractivity contribution < 1.29 is 0 Å². The molecule has 5 N–H and O–H groups in total. The average molecular weight is 410 g/mol. The average Bonchev–Trinajstić information content (AvgIpc) is 2.81. The predicted octanol–water partition coefficient (Wildman–Crippen LogP) is 6.09. The molecule has 0 aromatic heterocycles. The summed E-state index contributed by atoms with van der Waals surface area (Å²) in [7, 11) is 0. The molecule has 0 atom stereocenters. The summed E-state index contributed by atoms with van der Waals surface area (Å²) < 4.78 is 0. The van der Waals surface area contributed by atoms with Crippen molar-refractivity contribution in [3.05, 3.63) is 131 Å². The monoisotopic (exact) mass is 409 g/mol. The van der Waals surface area contributed by atoms with Crippen molar-refractivity contribution in [1.82, 2.24) is 0 Å². The highest BCUT2D eigenvalue weighted by Crippen LogP contribution is 2.21. The van der Waals surface area contributed by atoms with Crippen LogP contribution in [-0.4, -0.2) is 5.84 Å². The van der Waals surface area contributed by atoms with E-state index in [1.54, 1.807) is 0 Å². The minimum atomic E-state index is 0.121. The molecule has 0 spiro atoms. The number of rotatable bonds is 3. The Morgan fingerprint density at radius 2 is 1.16 bits per heavy atom. The summed E-state index contributed by atoms with van der Waals surface area (Å²) in [6, 6.07) is 36.4. The second-order valence-corrected chi connectivity index (χ2v) is 7.21. The van der Waals surface area contributed by atoms with E-state index in [0.717, 1.165) is 5.56 Å².